The number of nitrogens with zero attached hydrogens (tertiary/aromatic N) is 1. The largest absolute Gasteiger partial charge is 0.373 e. The molecular formula is C14H18ClNO2. The summed E-state index contributed by atoms with van der Waals surface area (Å²) in [6, 6.07) is 10.2. The molecule has 1 amide bonds. The molecule has 0 bridgehead atoms. The highest BCUT2D eigenvalue weighted by atomic mass is 35.5. The highest BCUT2D eigenvalue weighted by Crippen LogP contribution is 2.16. The van der Waals surface area contributed by atoms with E-state index in [1.807, 2.05) is 23.1 Å². The topological polar surface area (TPSA) is 29.5 Å². The summed E-state index contributed by atoms with van der Waals surface area (Å²) in [5.41, 5.74) is 1.19. The minimum atomic E-state index is 0.0261. The number of hydrogen-bond donors (Lipinski definition) is 0. The summed E-state index contributed by atoms with van der Waals surface area (Å²) in [4.78, 5) is 13.2. The van der Waals surface area contributed by atoms with Crippen LogP contribution >= 0.6 is 11.6 Å². The molecule has 18 heavy (non-hydrogen) atoms. The average Bonchev–Trinajstić information content (AvgIpc) is 2.46. The quantitative estimate of drug-likeness (QED) is 0.784. The lowest BCUT2D eigenvalue weighted by molar-refractivity contribution is -0.131. The van der Waals surface area contributed by atoms with Crippen molar-refractivity contribution in [2.24, 2.45) is 0 Å². The maximum Gasteiger partial charge on any atom is 0.237 e. The zero-order valence-electron chi connectivity index (χ0n) is 10.3. The van der Waals surface area contributed by atoms with E-state index in [1.54, 1.807) is 0 Å². The first kappa shape index (κ1) is 13.4. The Labute approximate surface area is 113 Å². The first-order valence-corrected chi connectivity index (χ1v) is 6.82. The van der Waals surface area contributed by atoms with E-state index in [-0.39, 0.29) is 17.9 Å². The number of carbonyl (C=O) groups is 1. The first-order valence-electron chi connectivity index (χ1n) is 6.29. The Morgan fingerprint density at radius 3 is 2.56 bits per heavy atom. The molecule has 0 N–H and O–H groups in total. The Hall–Kier alpha value is -1.06. The van der Waals surface area contributed by atoms with E-state index < -0.39 is 0 Å². The lowest BCUT2D eigenvalue weighted by Crippen LogP contribution is -2.41. The standard InChI is InChI=1S/C14H18ClNO2/c15-10-14(17)16-8-6-13(7-9-16)18-11-12-4-2-1-3-5-12/h1-5,13H,6-11H2. The van der Waals surface area contributed by atoms with Crippen LogP contribution in [0, 0.1) is 0 Å². The monoisotopic (exact) mass is 267 g/mol. The van der Waals surface area contributed by atoms with E-state index >= 15 is 0 Å². The van der Waals surface area contributed by atoms with E-state index in [0.717, 1.165) is 25.9 Å². The SMILES string of the molecule is O=C(CCl)N1CCC(OCc2ccccc2)CC1. The number of amides is 1. The van der Waals surface area contributed by atoms with Crippen molar-refractivity contribution in [2.75, 3.05) is 19.0 Å². The summed E-state index contributed by atoms with van der Waals surface area (Å²) in [6.45, 7) is 2.16. The van der Waals surface area contributed by atoms with Gasteiger partial charge >= 0.3 is 0 Å². The van der Waals surface area contributed by atoms with Crippen LogP contribution in [0.3, 0.4) is 0 Å². The van der Waals surface area contributed by atoms with Gasteiger partial charge in [-0.05, 0) is 18.4 Å². The number of alkyl halides is 1. The van der Waals surface area contributed by atoms with Crippen LogP contribution < -0.4 is 0 Å². The van der Waals surface area contributed by atoms with E-state index in [1.165, 1.54) is 5.56 Å². The molecule has 0 radical (unpaired) electrons. The summed E-state index contributed by atoms with van der Waals surface area (Å²) in [7, 11) is 0. The third-order valence-corrected chi connectivity index (χ3v) is 3.47. The minimum Gasteiger partial charge on any atom is -0.373 e. The van der Waals surface area contributed by atoms with Gasteiger partial charge in [0.05, 0.1) is 12.7 Å². The van der Waals surface area contributed by atoms with Crippen LogP contribution in [-0.4, -0.2) is 35.9 Å². The predicted molar refractivity (Wildman–Crippen MR) is 71.6 cm³/mol. The third kappa shape index (κ3) is 3.72. The number of halogens is 1. The van der Waals surface area contributed by atoms with Crippen LogP contribution in [0.25, 0.3) is 0 Å². The van der Waals surface area contributed by atoms with Crippen molar-refractivity contribution in [1.82, 2.24) is 4.90 Å². The number of hydrogen-bond acceptors (Lipinski definition) is 2. The van der Waals surface area contributed by atoms with E-state index in [0.29, 0.717) is 6.61 Å². The van der Waals surface area contributed by atoms with Crippen LogP contribution in [0.4, 0.5) is 0 Å². The number of likely N-dealkylation sites (tertiary alicyclic amines) is 1. The molecule has 4 heteroatoms. The van der Waals surface area contributed by atoms with Gasteiger partial charge in [-0.15, -0.1) is 11.6 Å². The molecule has 0 unspecified atom stereocenters. The summed E-state index contributed by atoms with van der Waals surface area (Å²) < 4.78 is 5.86. The fourth-order valence-electron chi connectivity index (χ4n) is 2.14. The Morgan fingerprint density at radius 1 is 1.28 bits per heavy atom. The molecule has 0 aliphatic carbocycles. The maximum atomic E-state index is 11.4. The fourth-order valence-corrected chi connectivity index (χ4v) is 2.31. The lowest BCUT2D eigenvalue weighted by Gasteiger charge is -2.31. The van der Waals surface area contributed by atoms with Gasteiger partial charge in [0.15, 0.2) is 0 Å². The molecule has 1 aliphatic heterocycles. The molecule has 1 aromatic rings. The summed E-state index contributed by atoms with van der Waals surface area (Å²) in [6.07, 6.45) is 2.05. The van der Waals surface area contributed by atoms with Crippen molar-refractivity contribution in [3.05, 3.63) is 35.9 Å². The van der Waals surface area contributed by atoms with Gasteiger partial charge in [-0.3, -0.25) is 4.79 Å². The molecule has 0 saturated carbocycles. The Kier molecular flexibility index (Phi) is 5.02. The highest BCUT2D eigenvalue weighted by molar-refractivity contribution is 6.27. The maximum absolute atomic E-state index is 11.4. The molecule has 0 aromatic heterocycles. The molecule has 3 nitrogen and oxygen atoms in total. The van der Waals surface area contributed by atoms with Crippen molar-refractivity contribution in [1.29, 1.82) is 0 Å². The van der Waals surface area contributed by atoms with Crippen molar-refractivity contribution < 1.29 is 9.53 Å². The molecule has 2 rings (SSSR count). The first-order chi connectivity index (χ1) is 8.79. The van der Waals surface area contributed by atoms with E-state index in [9.17, 15) is 4.79 Å². The van der Waals surface area contributed by atoms with Crippen LogP contribution in [0.1, 0.15) is 18.4 Å². The molecule has 1 fully saturated rings. The molecule has 1 aliphatic rings. The van der Waals surface area contributed by atoms with Gasteiger partial charge in [0.1, 0.15) is 5.88 Å². The van der Waals surface area contributed by atoms with Crippen LogP contribution in [-0.2, 0) is 16.1 Å². The van der Waals surface area contributed by atoms with E-state index in [2.05, 4.69) is 12.1 Å². The average molecular weight is 268 g/mol. The molecule has 98 valence electrons. The number of piperidine rings is 1. The Bertz CT molecular complexity index is 375. The second kappa shape index (κ2) is 6.76. The van der Waals surface area contributed by atoms with Gasteiger partial charge < -0.3 is 9.64 Å². The second-order valence-electron chi connectivity index (χ2n) is 4.51. The van der Waals surface area contributed by atoms with Crippen LogP contribution in [0.15, 0.2) is 30.3 Å². The normalized spacial score (nSPS) is 16.8. The molecule has 1 aromatic carbocycles. The third-order valence-electron chi connectivity index (χ3n) is 3.24. The molecule has 0 spiro atoms. The predicted octanol–water partition coefficient (Wildman–Crippen LogP) is 2.43. The smallest absolute Gasteiger partial charge is 0.237 e. The Morgan fingerprint density at radius 2 is 1.94 bits per heavy atom. The van der Waals surface area contributed by atoms with E-state index in [4.69, 9.17) is 16.3 Å². The van der Waals surface area contributed by atoms with Crippen molar-refractivity contribution in [3.63, 3.8) is 0 Å². The minimum absolute atomic E-state index is 0.0261. The fraction of sp³-hybridized carbons (Fsp3) is 0.500. The summed E-state index contributed by atoms with van der Waals surface area (Å²) >= 11 is 5.54. The van der Waals surface area contributed by atoms with Gasteiger partial charge in [-0.2, -0.15) is 0 Å². The molecule has 1 saturated heterocycles. The number of benzene rings is 1. The van der Waals surface area contributed by atoms with Gasteiger partial charge in [-0.1, -0.05) is 30.3 Å². The lowest BCUT2D eigenvalue weighted by atomic mass is 10.1. The van der Waals surface area contributed by atoms with Crippen molar-refractivity contribution >= 4 is 17.5 Å². The van der Waals surface area contributed by atoms with Gasteiger partial charge in [0.2, 0.25) is 5.91 Å². The van der Waals surface area contributed by atoms with Gasteiger partial charge in [0, 0.05) is 13.1 Å². The van der Waals surface area contributed by atoms with Crippen molar-refractivity contribution in [3.8, 4) is 0 Å². The number of carbonyl (C=O) groups excluding carboxylic acids is 1. The highest BCUT2D eigenvalue weighted by Gasteiger charge is 2.22. The number of ether oxygens (including phenoxy) is 1. The van der Waals surface area contributed by atoms with Gasteiger partial charge in [-0.25, -0.2) is 0 Å². The summed E-state index contributed by atoms with van der Waals surface area (Å²) in [5.74, 6) is 0.105. The molecular weight excluding hydrogens is 250 g/mol. The van der Waals surface area contributed by atoms with Crippen LogP contribution in [0.5, 0.6) is 0 Å². The van der Waals surface area contributed by atoms with Crippen molar-refractivity contribution in [2.45, 2.75) is 25.6 Å². The zero-order chi connectivity index (χ0) is 12.8. The number of rotatable bonds is 4. The van der Waals surface area contributed by atoms with Crippen LogP contribution in [0.2, 0.25) is 0 Å². The summed E-state index contributed by atoms with van der Waals surface area (Å²) in [5, 5.41) is 0. The van der Waals surface area contributed by atoms with Gasteiger partial charge in [0.25, 0.3) is 0 Å². The zero-order valence-corrected chi connectivity index (χ0v) is 11.1. The second-order valence-corrected chi connectivity index (χ2v) is 4.78. The molecule has 1 heterocycles. The molecule has 0 atom stereocenters. The Balaban J connectivity index is 1.72.